The number of hydrogen-bond donors (Lipinski definition) is 2. The predicted molar refractivity (Wildman–Crippen MR) is 105 cm³/mol. The Labute approximate surface area is 154 Å². The van der Waals surface area contributed by atoms with E-state index in [-0.39, 0.29) is 24.0 Å². The first kappa shape index (κ1) is 18.8. The Hall–Kier alpha value is -1.27. The lowest BCUT2D eigenvalue weighted by molar-refractivity contribution is 0.809. The van der Waals surface area contributed by atoms with Gasteiger partial charge in [-0.1, -0.05) is 59.6 Å². The molecule has 0 fully saturated rings. The molecule has 0 radical (unpaired) electrons. The van der Waals surface area contributed by atoms with Crippen LogP contribution in [0.2, 0.25) is 5.02 Å². The van der Waals surface area contributed by atoms with Gasteiger partial charge in [0, 0.05) is 25.2 Å². The van der Waals surface area contributed by atoms with E-state index in [1.165, 1.54) is 11.1 Å². The number of guanidine groups is 1. The first-order chi connectivity index (χ1) is 10.2. The Balaban J connectivity index is 0.00000242. The van der Waals surface area contributed by atoms with Crippen LogP contribution in [0.3, 0.4) is 0 Å². The predicted octanol–water partition coefficient (Wildman–Crippen LogP) is 4.13. The van der Waals surface area contributed by atoms with Crippen LogP contribution in [-0.4, -0.2) is 13.0 Å². The van der Waals surface area contributed by atoms with E-state index >= 15 is 0 Å². The summed E-state index contributed by atoms with van der Waals surface area (Å²) in [6.45, 7) is 3.48. The third-order valence-corrected chi connectivity index (χ3v) is 3.54. The molecule has 0 amide bonds. The smallest absolute Gasteiger partial charge is 0.191 e. The number of aliphatic imine (C=N–C) groups is 1. The Morgan fingerprint density at radius 3 is 2.45 bits per heavy atom. The van der Waals surface area contributed by atoms with Crippen LogP contribution >= 0.6 is 35.6 Å². The van der Waals surface area contributed by atoms with E-state index in [1.807, 2.05) is 24.3 Å². The molecule has 118 valence electrons. The molecule has 3 nitrogen and oxygen atoms in total. The van der Waals surface area contributed by atoms with Crippen molar-refractivity contribution < 1.29 is 0 Å². The van der Waals surface area contributed by atoms with Crippen LogP contribution in [-0.2, 0) is 13.1 Å². The number of halogens is 2. The SMILES string of the molecule is CN=C(NCc1cccc(C)c1)NCc1ccccc1Cl.I. The van der Waals surface area contributed by atoms with Crippen LogP contribution in [0.5, 0.6) is 0 Å². The summed E-state index contributed by atoms with van der Waals surface area (Å²) < 4.78 is 0. The largest absolute Gasteiger partial charge is 0.352 e. The van der Waals surface area contributed by atoms with Gasteiger partial charge in [0.15, 0.2) is 5.96 Å². The summed E-state index contributed by atoms with van der Waals surface area (Å²) >= 11 is 6.14. The van der Waals surface area contributed by atoms with Gasteiger partial charge in [-0.3, -0.25) is 4.99 Å². The van der Waals surface area contributed by atoms with Crippen molar-refractivity contribution in [3.8, 4) is 0 Å². The summed E-state index contributed by atoms with van der Waals surface area (Å²) in [6, 6.07) is 16.2. The van der Waals surface area contributed by atoms with E-state index in [0.717, 1.165) is 23.1 Å². The number of rotatable bonds is 4. The summed E-state index contributed by atoms with van der Waals surface area (Å²) in [6.07, 6.45) is 0. The van der Waals surface area contributed by atoms with E-state index < -0.39 is 0 Å². The summed E-state index contributed by atoms with van der Waals surface area (Å²) in [7, 11) is 1.76. The average molecular weight is 430 g/mol. The number of nitrogens with zero attached hydrogens (tertiary/aromatic N) is 1. The molecule has 0 bridgehead atoms. The molecule has 0 atom stereocenters. The zero-order chi connectivity index (χ0) is 15.1. The molecule has 2 aromatic rings. The van der Waals surface area contributed by atoms with Gasteiger partial charge in [-0.2, -0.15) is 0 Å². The summed E-state index contributed by atoms with van der Waals surface area (Å²) in [4.78, 5) is 4.22. The molecule has 0 heterocycles. The quantitative estimate of drug-likeness (QED) is 0.435. The number of nitrogens with one attached hydrogen (secondary N) is 2. The van der Waals surface area contributed by atoms with Gasteiger partial charge in [-0.05, 0) is 24.1 Å². The molecule has 0 saturated carbocycles. The molecule has 0 aliphatic rings. The van der Waals surface area contributed by atoms with E-state index in [4.69, 9.17) is 11.6 Å². The first-order valence-electron chi connectivity index (χ1n) is 6.92. The van der Waals surface area contributed by atoms with Gasteiger partial charge in [-0.15, -0.1) is 24.0 Å². The molecule has 2 N–H and O–H groups in total. The molecular weight excluding hydrogens is 409 g/mol. The highest BCUT2D eigenvalue weighted by molar-refractivity contribution is 14.0. The van der Waals surface area contributed by atoms with Crippen molar-refractivity contribution in [2.75, 3.05) is 7.05 Å². The molecule has 5 heteroatoms. The zero-order valence-electron chi connectivity index (χ0n) is 12.8. The summed E-state index contributed by atoms with van der Waals surface area (Å²) in [5.74, 6) is 0.761. The normalized spacial score (nSPS) is 10.8. The van der Waals surface area contributed by atoms with Crippen molar-refractivity contribution in [3.63, 3.8) is 0 Å². The maximum atomic E-state index is 6.14. The Bertz CT molecular complexity index is 629. The van der Waals surface area contributed by atoms with Crippen LogP contribution in [0.15, 0.2) is 53.5 Å². The van der Waals surface area contributed by atoms with E-state index in [0.29, 0.717) is 6.54 Å². The van der Waals surface area contributed by atoms with Crippen molar-refractivity contribution in [2.45, 2.75) is 20.0 Å². The second-order valence-corrected chi connectivity index (χ2v) is 5.27. The third kappa shape index (κ3) is 5.85. The Morgan fingerprint density at radius 2 is 1.77 bits per heavy atom. The van der Waals surface area contributed by atoms with Crippen molar-refractivity contribution in [3.05, 3.63) is 70.2 Å². The van der Waals surface area contributed by atoms with Crippen LogP contribution < -0.4 is 10.6 Å². The highest BCUT2D eigenvalue weighted by atomic mass is 127. The number of benzene rings is 2. The molecule has 2 aromatic carbocycles. The minimum Gasteiger partial charge on any atom is -0.352 e. The second kappa shape index (κ2) is 9.69. The van der Waals surface area contributed by atoms with Gasteiger partial charge >= 0.3 is 0 Å². The van der Waals surface area contributed by atoms with E-state index in [9.17, 15) is 0 Å². The van der Waals surface area contributed by atoms with Gasteiger partial charge in [-0.25, -0.2) is 0 Å². The lowest BCUT2D eigenvalue weighted by Crippen LogP contribution is -2.36. The third-order valence-electron chi connectivity index (χ3n) is 3.17. The Kier molecular flexibility index (Phi) is 8.27. The molecule has 22 heavy (non-hydrogen) atoms. The fourth-order valence-corrected chi connectivity index (χ4v) is 2.25. The lowest BCUT2D eigenvalue weighted by atomic mass is 10.1. The van der Waals surface area contributed by atoms with Crippen LogP contribution in [0.1, 0.15) is 16.7 Å². The maximum absolute atomic E-state index is 6.14. The molecule has 0 aliphatic heterocycles. The van der Waals surface area contributed by atoms with Crippen molar-refractivity contribution in [1.29, 1.82) is 0 Å². The van der Waals surface area contributed by atoms with Crippen LogP contribution in [0, 0.1) is 6.92 Å². The molecular formula is C17H21ClIN3. The topological polar surface area (TPSA) is 36.4 Å². The molecule has 0 aromatic heterocycles. The lowest BCUT2D eigenvalue weighted by Gasteiger charge is -2.13. The van der Waals surface area contributed by atoms with Crippen molar-refractivity contribution in [2.24, 2.45) is 4.99 Å². The fraction of sp³-hybridized carbons (Fsp3) is 0.235. The monoisotopic (exact) mass is 429 g/mol. The van der Waals surface area contributed by atoms with Gasteiger partial charge in [0.2, 0.25) is 0 Å². The highest BCUT2D eigenvalue weighted by Crippen LogP contribution is 2.14. The molecule has 0 unspecified atom stereocenters. The standard InChI is InChI=1S/C17H20ClN3.HI/c1-13-6-5-7-14(10-13)11-20-17(19-2)21-12-15-8-3-4-9-16(15)18;/h3-10H,11-12H2,1-2H3,(H2,19,20,21);1H. The minimum absolute atomic E-state index is 0. The van der Waals surface area contributed by atoms with Crippen molar-refractivity contribution >= 4 is 41.5 Å². The maximum Gasteiger partial charge on any atom is 0.191 e. The summed E-state index contributed by atoms with van der Waals surface area (Å²) in [5, 5.41) is 7.33. The fourth-order valence-electron chi connectivity index (χ4n) is 2.05. The highest BCUT2D eigenvalue weighted by Gasteiger charge is 2.01. The van der Waals surface area contributed by atoms with Gasteiger partial charge < -0.3 is 10.6 Å². The minimum atomic E-state index is 0. The van der Waals surface area contributed by atoms with E-state index in [1.54, 1.807) is 7.05 Å². The van der Waals surface area contributed by atoms with Gasteiger partial charge in [0.1, 0.15) is 0 Å². The van der Waals surface area contributed by atoms with Crippen molar-refractivity contribution in [1.82, 2.24) is 10.6 Å². The Morgan fingerprint density at radius 1 is 1.05 bits per heavy atom. The zero-order valence-corrected chi connectivity index (χ0v) is 15.9. The molecule has 0 aliphatic carbocycles. The molecule has 0 spiro atoms. The number of aryl methyl sites for hydroxylation is 1. The first-order valence-corrected chi connectivity index (χ1v) is 7.30. The molecule has 2 rings (SSSR count). The van der Waals surface area contributed by atoms with Gasteiger partial charge in [0.05, 0.1) is 0 Å². The number of hydrogen-bond acceptors (Lipinski definition) is 1. The average Bonchev–Trinajstić information content (AvgIpc) is 2.49. The van der Waals surface area contributed by atoms with Gasteiger partial charge in [0.25, 0.3) is 0 Å². The van der Waals surface area contributed by atoms with Crippen LogP contribution in [0.4, 0.5) is 0 Å². The molecule has 0 saturated heterocycles. The van der Waals surface area contributed by atoms with E-state index in [2.05, 4.69) is 46.8 Å². The summed E-state index contributed by atoms with van der Waals surface area (Å²) in [5.41, 5.74) is 3.54. The second-order valence-electron chi connectivity index (χ2n) is 4.86. The van der Waals surface area contributed by atoms with Crippen LogP contribution in [0.25, 0.3) is 0 Å².